The number of ether oxygens (including phenoxy) is 2. The van der Waals surface area contributed by atoms with Gasteiger partial charge in [0.15, 0.2) is 0 Å². The highest BCUT2D eigenvalue weighted by Crippen LogP contribution is 2.41. The van der Waals surface area contributed by atoms with E-state index in [4.69, 9.17) is 9.47 Å². The van der Waals surface area contributed by atoms with Gasteiger partial charge in [-0.05, 0) is 49.2 Å². The molecular weight excluding hydrogens is 411 g/mol. The first-order chi connectivity index (χ1) is 14.7. The molecule has 0 aromatic heterocycles. The molecule has 1 heterocycles. The monoisotopic (exact) mass is 437 g/mol. The Morgan fingerprint density at radius 3 is 2.48 bits per heavy atom. The number of likely N-dealkylation sites (tertiary alicyclic amines) is 1. The van der Waals surface area contributed by atoms with Gasteiger partial charge in [-0.3, -0.25) is 0 Å². The molecule has 0 spiro atoms. The molecule has 2 aromatic carbocycles. The van der Waals surface area contributed by atoms with Gasteiger partial charge >= 0.3 is 12.2 Å². The van der Waals surface area contributed by atoms with Gasteiger partial charge < -0.3 is 24.6 Å². The summed E-state index contributed by atoms with van der Waals surface area (Å²) in [7, 11) is 6.39. The molecule has 1 saturated heterocycles. The van der Waals surface area contributed by atoms with Crippen molar-refractivity contribution < 1.29 is 27.4 Å². The van der Waals surface area contributed by atoms with Gasteiger partial charge in [-0.2, -0.15) is 13.2 Å². The van der Waals surface area contributed by atoms with Crippen LogP contribution in [0.25, 0.3) is 0 Å². The Morgan fingerprint density at radius 1 is 1.13 bits per heavy atom. The van der Waals surface area contributed by atoms with Crippen molar-refractivity contribution in [2.45, 2.75) is 25.1 Å². The molecule has 31 heavy (non-hydrogen) atoms. The SMILES string of the molecule is COc1ccc(OC)c(C2CCCN2C(=O)Nc2ccc(N(C)C)cc2C(F)(F)F)c1. The Bertz CT molecular complexity index is 947. The van der Waals surface area contributed by atoms with Crippen LogP contribution in [-0.4, -0.2) is 45.8 Å². The quantitative estimate of drug-likeness (QED) is 0.702. The van der Waals surface area contributed by atoms with E-state index in [1.165, 1.54) is 24.1 Å². The summed E-state index contributed by atoms with van der Waals surface area (Å²) in [6, 6.07) is 8.24. The Kier molecular flexibility index (Phi) is 6.52. The minimum Gasteiger partial charge on any atom is -0.497 e. The predicted molar refractivity (Wildman–Crippen MR) is 113 cm³/mol. The topological polar surface area (TPSA) is 54.0 Å². The number of carbonyl (C=O) groups excluding carboxylic acids is 1. The number of methoxy groups -OCH3 is 2. The van der Waals surface area contributed by atoms with Gasteiger partial charge in [0, 0.05) is 31.9 Å². The Morgan fingerprint density at radius 2 is 1.87 bits per heavy atom. The van der Waals surface area contributed by atoms with Crippen molar-refractivity contribution in [3.63, 3.8) is 0 Å². The number of alkyl halides is 3. The third kappa shape index (κ3) is 4.81. The molecule has 1 aliphatic heterocycles. The maximum Gasteiger partial charge on any atom is 0.418 e. The number of nitrogens with zero attached hydrogens (tertiary/aromatic N) is 2. The van der Waals surface area contributed by atoms with Gasteiger partial charge in [-0.25, -0.2) is 4.79 Å². The van der Waals surface area contributed by atoms with E-state index >= 15 is 0 Å². The van der Waals surface area contributed by atoms with E-state index in [-0.39, 0.29) is 11.7 Å². The zero-order valence-corrected chi connectivity index (χ0v) is 17.9. The Labute approximate surface area is 179 Å². The van der Waals surface area contributed by atoms with Crippen LogP contribution in [0.15, 0.2) is 36.4 Å². The highest BCUT2D eigenvalue weighted by Gasteiger charge is 2.37. The summed E-state index contributed by atoms with van der Waals surface area (Å²) >= 11 is 0. The van der Waals surface area contributed by atoms with Crippen LogP contribution in [0.1, 0.15) is 30.0 Å². The molecule has 2 aromatic rings. The van der Waals surface area contributed by atoms with Crippen LogP contribution in [0.5, 0.6) is 11.5 Å². The average molecular weight is 437 g/mol. The third-order valence-corrected chi connectivity index (χ3v) is 5.38. The van der Waals surface area contributed by atoms with Crippen molar-refractivity contribution in [1.82, 2.24) is 4.90 Å². The van der Waals surface area contributed by atoms with Crippen LogP contribution in [0.4, 0.5) is 29.3 Å². The van der Waals surface area contributed by atoms with Gasteiger partial charge in [-0.15, -0.1) is 0 Å². The normalized spacial score (nSPS) is 16.2. The molecule has 168 valence electrons. The standard InChI is InChI=1S/C22H26F3N3O3/c1-27(2)14-7-9-18(17(12-14)22(23,24)25)26-21(29)28-11-5-6-19(28)16-13-15(30-3)8-10-20(16)31-4/h7-10,12-13,19H,5-6,11H2,1-4H3,(H,26,29). The summed E-state index contributed by atoms with van der Waals surface area (Å²) < 4.78 is 51.6. The molecule has 0 bridgehead atoms. The summed E-state index contributed by atoms with van der Waals surface area (Å²) in [6.45, 7) is 0.425. The zero-order chi connectivity index (χ0) is 22.8. The van der Waals surface area contributed by atoms with E-state index < -0.39 is 17.8 Å². The van der Waals surface area contributed by atoms with Crippen LogP contribution in [0.2, 0.25) is 0 Å². The highest BCUT2D eigenvalue weighted by atomic mass is 19.4. The van der Waals surface area contributed by atoms with E-state index in [0.29, 0.717) is 30.2 Å². The molecule has 9 heteroatoms. The van der Waals surface area contributed by atoms with Gasteiger partial charge in [0.1, 0.15) is 11.5 Å². The molecule has 1 N–H and O–H groups in total. The van der Waals surface area contributed by atoms with Gasteiger partial charge in [-0.1, -0.05) is 0 Å². The van der Waals surface area contributed by atoms with E-state index in [2.05, 4.69) is 5.32 Å². The number of nitrogens with one attached hydrogen (secondary N) is 1. The average Bonchev–Trinajstić information content (AvgIpc) is 3.22. The Hall–Kier alpha value is -3.10. The number of hydrogen-bond donors (Lipinski definition) is 1. The zero-order valence-electron chi connectivity index (χ0n) is 17.9. The van der Waals surface area contributed by atoms with E-state index in [1.54, 1.807) is 44.3 Å². The van der Waals surface area contributed by atoms with Gasteiger partial charge in [0.25, 0.3) is 0 Å². The fourth-order valence-corrected chi connectivity index (χ4v) is 3.77. The first kappa shape index (κ1) is 22.6. The number of urea groups is 1. The summed E-state index contributed by atoms with van der Waals surface area (Å²) in [5.74, 6) is 1.21. The lowest BCUT2D eigenvalue weighted by molar-refractivity contribution is -0.136. The largest absolute Gasteiger partial charge is 0.497 e. The second kappa shape index (κ2) is 8.95. The van der Waals surface area contributed by atoms with Crippen molar-refractivity contribution in [2.75, 3.05) is 45.1 Å². The second-order valence-electron chi connectivity index (χ2n) is 7.51. The summed E-state index contributed by atoms with van der Waals surface area (Å²) in [5.41, 5.74) is -0.00731. The van der Waals surface area contributed by atoms with Crippen LogP contribution in [0.3, 0.4) is 0 Å². The molecule has 3 rings (SSSR count). The van der Waals surface area contributed by atoms with Crippen molar-refractivity contribution in [3.8, 4) is 11.5 Å². The molecule has 6 nitrogen and oxygen atoms in total. The molecule has 0 saturated carbocycles. The first-order valence-electron chi connectivity index (χ1n) is 9.83. The smallest absolute Gasteiger partial charge is 0.418 e. The molecule has 1 atom stereocenters. The molecule has 1 aliphatic rings. The van der Waals surface area contributed by atoms with E-state index in [1.807, 2.05) is 0 Å². The number of hydrogen-bond acceptors (Lipinski definition) is 4. The van der Waals surface area contributed by atoms with Crippen molar-refractivity contribution in [3.05, 3.63) is 47.5 Å². The van der Waals surface area contributed by atoms with E-state index in [9.17, 15) is 18.0 Å². The number of carbonyl (C=O) groups is 1. The fourth-order valence-electron chi connectivity index (χ4n) is 3.77. The maximum absolute atomic E-state index is 13.6. The molecular formula is C22H26F3N3O3. The molecule has 0 radical (unpaired) electrons. The van der Waals surface area contributed by atoms with E-state index in [0.717, 1.165) is 18.1 Å². The molecule has 1 fully saturated rings. The third-order valence-electron chi connectivity index (χ3n) is 5.38. The van der Waals surface area contributed by atoms with Gasteiger partial charge in [0.2, 0.25) is 0 Å². The number of benzene rings is 2. The second-order valence-corrected chi connectivity index (χ2v) is 7.51. The molecule has 1 unspecified atom stereocenters. The number of halogens is 3. The lowest BCUT2D eigenvalue weighted by Crippen LogP contribution is -2.35. The number of anilines is 2. The number of amides is 2. The molecule has 2 amide bonds. The minimum absolute atomic E-state index is 0.272. The first-order valence-corrected chi connectivity index (χ1v) is 9.83. The summed E-state index contributed by atoms with van der Waals surface area (Å²) in [4.78, 5) is 16.1. The Balaban J connectivity index is 1.90. The fraction of sp³-hybridized carbons (Fsp3) is 0.409. The van der Waals surface area contributed by atoms with Crippen molar-refractivity contribution in [2.24, 2.45) is 0 Å². The van der Waals surface area contributed by atoms with Gasteiger partial charge in [0.05, 0.1) is 31.5 Å². The van der Waals surface area contributed by atoms with Crippen LogP contribution in [-0.2, 0) is 6.18 Å². The maximum atomic E-state index is 13.6. The molecule has 0 aliphatic carbocycles. The van der Waals surface area contributed by atoms with Crippen LogP contribution in [0, 0.1) is 0 Å². The number of rotatable bonds is 5. The predicted octanol–water partition coefficient (Wildman–Crippen LogP) is 5.16. The van der Waals surface area contributed by atoms with Crippen LogP contribution < -0.4 is 19.7 Å². The van der Waals surface area contributed by atoms with Crippen LogP contribution >= 0.6 is 0 Å². The minimum atomic E-state index is -4.60. The summed E-state index contributed by atoms with van der Waals surface area (Å²) in [6.07, 6.45) is -3.21. The van der Waals surface area contributed by atoms with Crippen molar-refractivity contribution in [1.29, 1.82) is 0 Å². The lowest BCUT2D eigenvalue weighted by Gasteiger charge is -2.27. The van der Waals surface area contributed by atoms with Crippen molar-refractivity contribution >= 4 is 17.4 Å². The highest BCUT2D eigenvalue weighted by molar-refractivity contribution is 5.91. The lowest BCUT2D eigenvalue weighted by atomic mass is 10.0. The summed E-state index contributed by atoms with van der Waals surface area (Å²) in [5, 5.41) is 2.47.